The minimum Gasteiger partial charge on any atom is -0.350 e. The van der Waals surface area contributed by atoms with E-state index >= 15 is 0 Å². The van der Waals surface area contributed by atoms with E-state index in [4.69, 9.17) is 0 Å². The Labute approximate surface area is 157 Å². The highest BCUT2D eigenvalue weighted by Gasteiger charge is 2.24. The lowest BCUT2D eigenvalue weighted by Gasteiger charge is -2.22. The average molecular weight is 369 g/mol. The number of aromatic nitrogens is 2. The molecule has 1 aliphatic heterocycles. The molecule has 0 aliphatic carbocycles. The molecule has 0 radical (unpaired) electrons. The molecule has 26 heavy (non-hydrogen) atoms. The van der Waals surface area contributed by atoms with Crippen LogP contribution in [0.5, 0.6) is 0 Å². The molecule has 136 valence electrons. The third kappa shape index (κ3) is 3.15. The van der Waals surface area contributed by atoms with Crippen LogP contribution in [0.3, 0.4) is 0 Å². The molecule has 6 heteroatoms. The van der Waals surface area contributed by atoms with Crippen molar-refractivity contribution in [3.8, 4) is 5.69 Å². The van der Waals surface area contributed by atoms with Crippen molar-refractivity contribution >= 4 is 27.5 Å². The number of hydrogen-bond donors (Lipinski definition) is 1. The van der Waals surface area contributed by atoms with Crippen molar-refractivity contribution < 1.29 is 4.79 Å². The molecule has 3 heterocycles. The topological polar surface area (TPSA) is 50.2 Å². The van der Waals surface area contributed by atoms with Gasteiger partial charge in [0, 0.05) is 18.0 Å². The molecule has 0 saturated carbocycles. The first-order valence-corrected chi connectivity index (χ1v) is 10.1. The van der Waals surface area contributed by atoms with Gasteiger partial charge < -0.3 is 5.32 Å². The Morgan fingerprint density at radius 1 is 1.35 bits per heavy atom. The second-order valence-corrected chi connectivity index (χ2v) is 7.83. The van der Waals surface area contributed by atoms with Crippen molar-refractivity contribution in [1.82, 2.24) is 20.0 Å². The maximum atomic E-state index is 12.7. The number of likely N-dealkylation sites (tertiary alicyclic amines) is 1. The molecule has 1 atom stereocenters. The lowest BCUT2D eigenvalue weighted by Crippen LogP contribution is -2.39. The second kappa shape index (κ2) is 7.21. The summed E-state index contributed by atoms with van der Waals surface area (Å²) in [5, 5.41) is 8.83. The van der Waals surface area contributed by atoms with Gasteiger partial charge in [-0.25, -0.2) is 4.68 Å². The van der Waals surface area contributed by atoms with Crippen LogP contribution in [0.2, 0.25) is 0 Å². The Balaban J connectivity index is 1.55. The van der Waals surface area contributed by atoms with E-state index in [1.807, 2.05) is 48.0 Å². The van der Waals surface area contributed by atoms with Crippen LogP contribution in [-0.2, 0) is 0 Å². The van der Waals surface area contributed by atoms with Crippen molar-refractivity contribution in [2.75, 3.05) is 19.6 Å². The number of rotatable bonds is 5. The van der Waals surface area contributed by atoms with Gasteiger partial charge in [0.2, 0.25) is 0 Å². The lowest BCUT2D eigenvalue weighted by atomic mass is 10.2. The number of para-hydroxylation sites is 1. The maximum absolute atomic E-state index is 12.7. The summed E-state index contributed by atoms with van der Waals surface area (Å²) in [5.74, 6) is 0.0214. The highest BCUT2D eigenvalue weighted by molar-refractivity contribution is 7.20. The first-order chi connectivity index (χ1) is 12.7. The number of thiophene rings is 1. The lowest BCUT2D eigenvalue weighted by molar-refractivity contribution is 0.0945. The summed E-state index contributed by atoms with van der Waals surface area (Å²) in [6.45, 7) is 7.10. The molecule has 1 amide bonds. The number of aryl methyl sites for hydroxylation is 1. The first-order valence-electron chi connectivity index (χ1n) is 9.24. The van der Waals surface area contributed by atoms with E-state index in [2.05, 4.69) is 22.2 Å². The van der Waals surface area contributed by atoms with Gasteiger partial charge in [-0.1, -0.05) is 25.1 Å². The van der Waals surface area contributed by atoms with E-state index in [-0.39, 0.29) is 5.91 Å². The Hall–Kier alpha value is -2.18. The van der Waals surface area contributed by atoms with Gasteiger partial charge in [0.05, 0.1) is 16.3 Å². The van der Waals surface area contributed by atoms with E-state index in [0.29, 0.717) is 6.04 Å². The van der Waals surface area contributed by atoms with E-state index in [9.17, 15) is 4.79 Å². The van der Waals surface area contributed by atoms with Gasteiger partial charge >= 0.3 is 0 Å². The van der Waals surface area contributed by atoms with Crippen molar-refractivity contribution in [3.63, 3.8) is 0 Å². The van der Waals surface area contributed by atoms with Crippen LogP contribution in [0.4, 0.5) is 0 Å². The summed E-state index contributed by atoms with van der Waals surface area (Å²) in [6.07, 6.45) is 2.39. The van der Waals surface area contributed by atoms with E-state index < -0.39 is 0 Å². The fourth-order valence-electron chi connectivity index (χ4n) is 3.74. The Kier molecular flexibility index (Phi) is 4.78. The number of amides is 1. The summed E-state index contributed by atoms with van der Waals surface area (Å²) in [5.41, 5.74) is 1.97. The highest BCUT2D eigenvalue weighted by atomic mass is 32.1. The fraction of sp³-hybridized carbons (Fsp3) is 0.400. The van der Waals surface area contributed by atoms with Crippen molar-refractivity contribution in [2.45, 2.75) is 32.7 Å². The zero-order valence-electron chi connectivity index (χ0n) is 15.2. The molecule has 1 saturated heterocycles. The molecule has 0 bridgehead atoms. The number of carbonyl (C=O) groups excluding carboxylic acids is 1. The van der Waals surface area contributed by atoms with Crippen LogP contribution in [0.15, 0.2) is 36.4 Å². The minimum absolute atomic E-state index is 0.0214. The smallest absolute Gasteiger partial charge is 0.261 e. The predicted octanol–water partition coefficient (Wildman–Crippen LogP) is 3.61. The van der Waals surface area contributed by atoms with Crippen molar-refractivity contribution in [2.24, 2.45) is 0 Å². The van der Waals surface area contributed by atoms with E-state index in [1.54, 1.807) is 0 Å². The van der Waals surface area contributed by atoms with Crippen molar-refractivity contribution in [3.05, 3.63) is 47.0 Å². The number of nitrogens with zero attached hydrogens (tertiary/aromatic N) is 3. The second-order valence-electron chi connectivity index (χ2n) is 6.80. The molecule has 4 rings (SSSR count). The summed E-state index contributed by atoms with van der Waals surface area (Å²) in [7, 11) is 0. The Bertz CT molecular complexity index is 915. The zero-order chi connectivity index (χ0) is 18.1. The maximum Gasteiger partial charge on any atom is 0.261 e. The molecular formula is C20H24N4OS. The van der Waals surface area contributed by atoms with Crippen LogP contribution in [0.1, 0.15) is 35.1 Å². The van der Waals surface area contributed by atoms with Gasteiger partial charge in [0.25, 0.3) is 5.91 Å². The van der Waals surface area contributed by atoms with Crippen LogP contribution >= 0.6 is 11.3 Å². The van der Waals surface area contributed by atoms with Gasteiger partial charge in [-0.2, -0.15) is 5.10 Å². The number of benzene rings is 1. The third-order valence-corrected chi connectivity index (χ3v) is 6.28. The first kappa shape index (κ1) is 17.2. The third-order valence-electron chi connectivity index (χ3n) is 5.17. The van der Waals surface area contributed by atoms with Crippen LogP contribution < -0.4 is 5.32 Å². The standard InChI is InChI=1S/C20H24N4OS/c1-3-23-11-7-10-16(23)13-21-19(25)18-12-17-14(2)22-24(20(17)26-18)15-8-5-4-6-9-15/h4-6,8-9,12,16H,3,7,10-11,13H2,1-2H3,(H,21,25). The van der Waals surface area contributed by atoms with Gasteiger partial charge in [-0.3, -0.25) is 9.69 Å². The SMILES string of the molecule is CCN1CCCC1CNC(=O)c1cc2c(C)nn(-c3ccccc3)c2s1. The highest BCUT2D eigenvalue weighted by Crippen LogP contribution is 2.30. The Morgan fingerprint density at radius 2 is 2.15 bits per heavy atom. The summed E-state index contributed by atoms with van der Waals surface area (Å²) in [6, 6.07) is 12.5. The van der Waals surface area contributed by atoms with Gasteiger partial charge in [-0.05, 0) is 51.1 Å². The molecule has 3 aromatic rings. The number of likely N-dealkylation sites (N-methyl/N-ethyl adjacent to an activating group) is 1. The molecule has 1 aromatic carbocycles. The summed E-state index contributed by atoms with van der Waals surface area (Å²) >= 11 is 1.51. The molecule has 1 N–H and O–H groups in total. The monoisotopic (exact) mass is 368 g/mol. The predicted molar refractivity (Wildman–Crippen MR) is 106 cm³/mol. The molecule has 1 fully saturated rings. The number of hydrogen-bond acceptors (Lipinski definition) is 4. The molecule has 0 spiro atoms. The Morgan fingerprint density at radius 3 is 2.92 bits per heavy atom. The zero-order valence-corrected chi connectivity index (χ0v) is 16.1. The van der Waals surface area contributed by atoms with Gasteiger partial charge in [-0.15, -0.1) is 11.3 Å². The number of fused-ring (bicyclic) bond motifs is 1. The normalized spacial score (nSPS) is 17.8. The fourth-order valence-corrected chi connectivity index (χ4v) is 4.84. The number of carbonyl (C=O) groups is 1. The van der Waals surface area contributed by atoms with E-state index in [1.165, 1.54) is 24.2 Å². The summed E-state index contributed by atoms with van der Waals surface area (Å²) < 4.78 is 1.93. The van der Waals surface area contributed by atoms with Crippen LogP contribution in [0.25, 0.3) is 15.9 Å². The largest absolute Gasteiger partial charge is 0.350 e. The van der Waals surface area contributed by atoms with Crippen molar-refractivity contribution in [1.29, 1.82) is 0 Å². The summed E-state index contributed by atoms with van der Waals surface area (Å²) in [4.78, 5) is 16.9. The van der Waals surface area contributed by atoms with E-state index in [0.717, 1.165) is 46.1 Å². The minimum atomic E-state index is 0.0214. The molecule has 1 unspecified atom stereocenters. The molecule has 1 aliphatic rings. The molecular weight excluding hydrogens is 344 g/mol. The molecule has 2 aromatic heterocycles. The number of nitrogens with one attached hydrogen (secondary N) is 1. The van der Waals surface area contributed by atoms with Gasteiger partial charge in [0.1, 0.15) is 4.83 Å². The van der Waals surface area contributed by atoms with Gasteiger partial charge in [0.15, 0.2) is 0 Å². The quantitative estimate of drug-likeness (QED) is 0.748. The molecule has 5 nitrogen and oxygen atoms in total. The van der Waals surface area contributed by atoms with Crippen LogP contribution in [-0.4, -0.2) is 46.3 Å². The van der Waals surface area contributed by atoms with Crippen LogP contribution in [0, 0.1) is 6.92 Å². The average Bonchev–Trinajstić information content (AvgIpc) is 3.36.